The predicted molar refractivity (Wildman–Crippen MR) is 193 cm³/mol. The van der Waals surface area contributed by atoms with Crippen molar-refractivity contribution in [3.63, 3.8) is 0 Å². The number of hydrogen-bond donors (Lipinski definition) is 3. The monoisotopic (exact) mass is 693 g/mol. The zero-order valence-corrected chi connectivity index (χ0v) is 32.8. The van der Waals surface area contributed by atoms with Gasteiger partial charge in [-0.2, -0.15) is 0 Å². The molecule has 0 bridgehead atoms. The maximum atomic E-state index is 12.6. The number of nitrogens with one attached hydrogen (secondary N) is 3. The van der Waals surface area contributed by atoms with Gasteiger partial charge in [-0.1, -0.05) is 41.5 Å². The molecule has 6 amide bonds. The molecule has 3 heterocycles. The number of nitrogens with zero attached hydrogens (tertiary/aromatic N) is 3. The molecule has 0 unspecified atom stereocenters. The number of rotatable bonds is 6. The van der Waals surface area contributed by atoms with Crippen LogP contribution in [0.25, 0.3) is 0 Å². The fourth-order valence-corrected chi connectivity index (χ4v) is 6.60. The van der Waals surface area contributed by atoms with Crippen LogP contribution in [0, 0.1) is 10.8 Å². The lowest BCUT2D eigenvalue weighted by molar-refractivity contribution is -0.142. The molecule has 0 radical (unpaired) electrons. The van der Waals surface area contributed by atoms with Crippen LogP contribution in [0.15, 0.2) is 0 Å². The van der Waals surface area contributed by atoms with Crippen LogP contribution in [-0.4, -0.2) is 106 Å². The number of hydrogen-bond acceptors (Lipinski definition) is 6. The lowest BCUT2D eigenvalue weighted by atomic mass is 9.85. The Kier molecular flexibility index (Phi) is 17.2. The van der Waals surface area contributed by atoms with Gasteiger partial charge in [0.15, 0.2) is 0 Å². The van der Waals surface area contributed by atoms with Gasteiger partial charge in [-0.25, -0.2) is 0 Å². The van der Waals surface area contributed by atoms with Crippen molar-refractivity contribution in [2.75, 3.05) is 19.6 Å². The average Bonchev–Trinajstić information content (AvgIpc) is 3.60. The fourth-order valence-electron chi connectivity index (χ4n) is 6.60. The average molecular weight is 693 g/mol. The predicted octanol–water partition coefficient (Wildman–Crippen LogP) is 4.01. The van der Waals surface area contributed by atoms with E-state index in [1.165, 1.54) is 27.2 Å². The standard InChI is InChI=1S/C14H26N2O2.C13H24N2O2.C10H18N2O2/c1-10-8-6-7-9-16(10)13(18)12(14(3,4)5)15-11(2)17;1-9-7-6-8-15(9)12(17)11(13(3,4)5)14-10(2)16;1-7-5-4-6-12(7)10(14)8(2)11-9(3)13/h10,12H,6-9H2,1-5H3,(H,15,17);9,11H,6-8H2,1-5H3,(H,14,16);7-8H,4-6H2,1-3H3,(H,11,13)/t10-,12-;9-,11-;7-,8+/m111/s1. The summed E-state index contributed by atoms with van der Waals surface area (Å²) in [5.41, 5.74) is -0.523. The zero-order valence-electron chi connectivity index (χ0n) is 32.8. The summed E-state index contributed by atoms with van der Waals surface area (Å²) in [6.45, 7) is 26.6. The highest BCUT2D eigenvalue weighted by molar-refractivity contribution is 5.89. The Balaban J connectivity index is 0.000000370. The summed E-state index contributed by atoms with van der Waals surface area (Å²) in [5, 5.41) is 8.20. The minimum Gasteiger partial charge on any atom is -0.345 e. The van der Waals surface area contributed by atoms with Gasteiger partial charge in [0.25, 0.3) is 0 Å². The van der Waals surface area contributed by atoms with Gasteiger partial charge < -0.3 is 30.7 Å². The zero-order chi connectivity index (χ0) is 37.9. The first-order valence-electron chi connectivity index (χ1n) is 18.2. The van der Waals surface area contributed by atoms with Crippen LogP contribution >= 0.6 is 0 Å². The SMILES string of the molecule is CC(=O)N[C@@H](C)C(=O)N1CCC[C@H]1C.CC(=O)N[C@H](C(=O)N1CCCC[C@H]1C)C(C)(C)C.CC(=O)N[C@H](C(=O)N1CCC[C@H]1C)C(C)(C)C. The molecule has 3 aliphatic heterocycles. The maximum Gasteiger partial charge on any atom is 0.245 e. The first-order valence-corrected chi connectivity index (χ1v) is 18.2. The van der Waals surface area contributed by atoms with E-state index in [0.29, 0.717) is 12.1 Å². The second kappa shape index (κ2) is 19.3. The van der Waals surface area contributed by atoms with Crippen LogP contribution in [0.4, 0.5) is 0 Å². The summed E-state index contributed by atoms with van der Waals surface area (Å²) < 4.78 is 0. The number of likely N-dealkylation sites (tertiary alicyclic amines) is 3. The van der Waals surface area contributed by atoms with Gasteiger partial charge >= 0.3 is 0 Å². The molecule has 3 aliphatic rings. The molecule has 12 heteroatoms. The van der Waals surface area contributed by atoms with E-state index in [0.717, 1.165) is 58.2 Å². The Morgan fingerprint density at radius 3 is 1.08 bits per heavy atom. The van der Waals surface area contributed by atoms with Crippen LogP contribution < -0.4 is 16.0 Å². The fraction of sp³-hybridized carbons (Fsp3) is 0.838. The Bertz CT molecular complexity index is 1150. The second-order valence-corrected chi connectivity index (χ2v) is 16.3. The number of carbonyl (C=O) groups excluding carboxylic acids is 6. The number of carbonyl (C=O) groups is 6. The van der Waals surface area contributed by atoms with Crippen LogP contribution in [0.3, 0.4) is 0 Å². The quantitative estimate of drug-likeness (QED) is 0.383. The molecule has 0 aliphatic carbocycles. The molecular weight excluding hydrogens is 624 g/mol. The Hall–Kier alpha value is -3.18. The molecule has 0 saturated carbocycles. The van der Waals surface area contributed by atoms with Crippen molar-refractivity contribution in [1.82, 2.24) is 30.7 Å². The molecule has 0 aromatic rings. The lowest BCUT2D eigenvalue weighted by Gasteiger charge is -2.39. The normalized spacial score (nSPS) is 22.7. The van der Waals surface area contributed by atoms with Crippen molar-refractivity contribution >= 4 is 35.4 Å². The molecule has 3 fully saturated rings. The highest BCUT2D eigenvalue weighted by atomic mass is 16.2. The summed E-state index contributed by atoms with van der Waals surface area (Å²) in [6.07, 6.45) is 7.56. The van der Waals surface area contributed by atoms with E-state index in [1.54, 1.807) is 6.92 Å². The minimum absolute atomic E-state index is 0.0326. The molecule has 6 atom stereocenters. The molecule has 12 nitrogen and oxygen atoms in total. The molecule has 0 spiro atoms. The lowest BCUT2D eigenvalue weighted by Crippen LogP contribution is -2.57. The van der Waals surface area contributed by atoms with Crippen molar-refractivity contribution in [3.05, 3.63) is 0 Å². The third-order valence-electron chi connectivity index (χ3n) is 9.47. The molecular formula is C37H68N6O6. The van der Waals surface area contributed by atoms with E-state index in [2.05, 4.69) is 29.8 Å². The van der Waals surface area contributed by atoms with E-state index in [4.69, 9.17) is 0 Å². The van der Waals surface area contributed by atoms with E-state index >= 15 is 0 Å². The summed E-state index contributed by atoms with van der Waals surface area (Å²) >= 11 is 0. The minimum atomic E-state index is -0.435. The van der Waals surface area contributed by atoms with Gasteiger partial charge in [0, 0.05) is 58.5 Å². The van der Waals surface area contributed by atoms with Crippen molar-refractivity contribution in [2.45, 2.75) is 171 Å². The van der Waals surface area contributed by atoms with Crippen molar-refractivity contribution in [1.29, 1.82) is 0 Å². The van der Waals surface area contributed by atoms with Gasteiger partial charge in [-0.15, -0.1) is 0 Å². The molecule has 282 valence electrons. The first-order chi connectivity index (χ1) is 22.5. The molecule has 3 saturated heterocycles. The Labute approximate surface area is 296 Å². The highest BCUT2D eigenvalue weighted by Gasteiger charge is 2.39. The maximum absolute atomic E-state index is 12.6. The summed E-state index contributed by atoms with van der Waals surface area (Å²) in [4.78, 5) is 75.8. The van der Waals surface area contributed by atoms with E-state index < -0.39 is 18.1 Å². The van der Waals surface area contributed by atoms with E-state index in [9.17, 15) is 28.8 Å². The van der Waals surface area contributed by atoms with Crippen LogP contribution in [0.1, 0.15) is 135 Å². The van der Waals surface area contributed by atoms with Gasteiger partial charge in [-0.3, -0.25) is 28.8 Å². The van der Waals surface area contributed by atoms with Gasteiger partial charge in [0.2, 0.25) is 35.4 Å². The molecule has 49 heavy (non-hydrogen) atoms. The molecule has 0 aromatic carbocycles. The van der Waals surface area contributed by atoms with E-state index in [-0.39, 0.29) is 52.3 Å². The third kappa shape index (κ3) is 14.3. The number of piperidine rings is 1. The smallest absolute Gasteiger partial charge is 0.245 e. The van der Waals surface area contributed by atoms with Crippen molar-refractivity contribution in [2.24, 2.45) is 10.8 Å². The largest absolute Gasteiger partial charge is 0.345 e. The Morgan fingerprint density at radius 1 is 0.510 bits per heavy atom. The van der Waals surface area contributed by atoms with Crippen molar-refractivity contribution < 1.29 is 28.8 Å². The topological polar surface area (TPSA) is 148 Å². The third-order valence-corrected chi connectivity index (χ3v) is 9.47. The molecule has 3 N–H and O–H groups in total. The second-order valence-electron chi connectivity index (χ2n) is 16.3. The summed E-state index contributed by atoms with van der Waals surface area (Å²) in [6, 6.07) is -0.367. The highest BCUT2D eigenvalue weighted by Crippen LogP contribution is 2.26. The summed E-state index contributed by atoms with van der Waals surface area (Å²) in [7, 11) is 0. The van der Waals surface area contributed by atoms with Gasteiger partial charge in [0.05, 0.1) is 0 Å². The Morgan fingerprint density at radius 2 is 0.816 bits per heavy atom. The van der Waals surface area contributed by atoms with E-state index in [1.807, 2.05) is 63.2 Å². The molecule has 3 rings (SSSR count). The van der Waals surface area contributed by atoms with Crippen LogP contribution in [-0.2, 0) is 28.8 Å². The first kappa shape index (κ1) is 43.8. The van der Waals surface area contributed by atoms with Crippen LogP contribution in [0.2, 0.25) is 0 Å². The summed E-state index contributed by atoms with van der Waals surface area (Å²) in [5.74, 6) is -0.302. The number of amides is 6. The van der Waals surface area contributed by atoms with Gasteiger partial charge in [0.1, 0.15) is 18.1 Å². The van der Waals surface area contributed by atoms with Crippen molar-refractivity contribution in [3.8, 4) is 0 Å². The van der Waals surface area contributed by atoms with Crippen LogP contribution in [0.5, 0.6) is 0 Å². The van der Waals surface area contributed by atoms with Gasteiger partial charge in [-0.05, 0) is 83.5 Å². The molecule has 0 aromatic heterocycles.